The number of hydrogen-bond acceptors (Lipinski definition) is 6. The Morgan fingerprint density at radius 3 is 1.19 bits per heavy atom. The molecule has 4 N–H and O–H groups in total. The van der Waals surface area contributed by atoms with Crippen molar-refractivity contribution in [3.63, 3.8) is 0 Å². The molecular formula is C42H46N4O2. The van der Waals surface area contributed by atoms with Gasteiger partial charge in [0.2, 0.25) is 0 Å². The molecule has 0 amide bonds. The smallest absolute Gasteiger partial charge is 0.162 e. The third-order valence-corrected chi connectivity index (χ3v) is 8.48. The molecule has 0 saturated heterocycles. The maximum atomic E-state index is 6.67. The average molecular weight is 639 g/mol. The minimum atomic E-state index is -0.723. The molecule has 4 aromatic carbocycles. The molecule has 246 valence electrons. The number of ether oxygens (including phenoxy) is 2. The quantitative estimate of drug-likeness (QED) is 0.0864. The van der Waals surface area contributed by atoms with Crippen LogP contribution in [-0.4, -0.2) is 24.7 Å². The third-order valence-electron chi connectivity index (χ3n) is 8.48. The van der Waals surface area contributed by atoms with E-state index in [-0.39, 0.29) is 0 Å². The molecule has 4 aromatic rings. The molecule has 2 aliphatic rings. The van der Waals surface area contributed by atoms with Crippen molar-refractivity contribution in [3.05, 3.63) is 167 Å². The van der Waals surface area contributed by atoms with Gasteiger partial charge >= 0.3 is 0 Å². The number of benzene rings is 4. The van der Waals surface area contributed by atoms with Crippen molar-refractivity contribution in [2.45, 2.75) is 52.0 Å². The van der Waals surface area contributed by atoms with Crippen molar-refractivity contribution >= 4 is 22.7 Å². The average Bonchev–Trinajstić information content (AvgIpc) is 3.06. The van der Waals surface area contributed by atoms with Gasteiger partial charge in [0.25, 0.3) is 0 Å². The van der Waals surface area contributed by atoms with Crippen LogP contribution >= 0.6 is 0 Å². The summed E-state index contributed by atoms with van der Waals surface area (Å²) in [5.74, 6) is 0. The van der Waals surface area contributed by atoms with E-state index in [1.54, 1.807) is 0 Å². The number of rotatable bonds is 13. The molecule has 6 rings (SSSR count). The van der Waals surface area contributed by atoms with Crippen LogP contribution in [0.3, 0.4) is 0 Å². The molecule has 0 bridgehead atoms. The fraction of sp³-hybridized carbons (Fsp3) is 0.238. The van der Waals surface area contributed by atoms with E-state index in [1.165, 1.54) is 22.3 Å². The zero-order chi connectivity index (χ0) is 33.4. The Morgan fingerprint density at radius 2 is 0.854 bits per heavy atom. The lowest BCUT2D eigenvalue weighted by Gasteiger charge is -2.37. The van der Waals surface area contributed by atoms with Gasteiger partial charge in [-0.05, 0) is 123 Å². The van der Waals surface area contributed by atoms with Crippen LogP contribution in [0, 0.1) is 27.7 Å². The van der Waals surface area contributed by atoms with Gasteiger partial charge in [0, 0.05) is 47.0 Å². The Balaban J connectivity index is 1.15. The summed E-state index contributed by atoms with van der Waals surface area (Å²) in [7, 11) is 0. The van der Waals surface area contributed by atoms with Gasteiger partial charge in [-0.25, -0.2) is 0 Å². The zero-order valence-corrected chi connectivity index (χ0v) is 28.3. The number of anilines is 4. The highest BCUT2D eigenvalue weighted by molar-refractivity contribution is 5.56. The fourth-order valence-electron chi connectivity index (χ4n) is 6.06. The molecule has 6 nitrogen and oxygen atoms in total. The number of nitrogens with one attached hydrogen (secondary N) is 4. The summed E-state index contributed by atoms with van der Waals surface area (Å²) in [5, 5.41) is 14.4. The lowest BCUT2D eigenvalue weighted by Crippen LogP contribution is -2.44. The summed E-state index contributed by atoms with van der Waals surface area (Å²) in [6.45, 7) is 9.18. The van der Waals surface area contributed by atoms with Crippen molar-refractivity contribution in [2.24, 2.45) is 0 Å². The van der Waals surface area contributed by atoms with E-state index in [2.05, 4.69) is 182 Å². The van der Waals surface area contributed by atoms with Gasteiger partial charge in [-0.3, -0.25) is 0 Å². The Bertz CT molecular complexity index is 1720. The Kier molecular flexibility index (Phi) is 10.1. The maximum absolute atomic E-state index is 6.67. The molecule has 2 aliphatic carbocycles. The molecule has 48 heavy (non-hydrogen) atoms. The predicted molar refractivity (Wildman–Crippen MR) is 200 cm³/mol. The van der Waals surface area contributed by atoms with Crippen molar-refractivity contribution in [1.82, 2.24) is 0 Å². The molecule has 0 spiro atoms. The molecule has 0 aliphatic heterocycles. The first-order valence-corrected chi connectivity index (χ1v) is 16.7. The zero-order valence-electron chi connectivity index (χ0n) is 28.3. The molecule has 0 fully saturated rings. The van der Waals surface area contributed by atoms with Crippen molar-refractivity contribution < 1.29 is 9.47 Å². The Labute approximate surface area is 285 Å². The molecule has 2 atom stereocenters. The monoisotopic (exact) mass is 638 g/mol. The first-order chi connectivity index (χ1) is 23.3. The van der Waals surface area contributed by atoms with E-state index in [9.17, 15) is 0 Å². The van der Waals surface area contributed by atoms with Crippen molar-refractivity contribution in [2.75, 3.05) is 34.5 Å². The van der Waals surface area contributed by atoms with Crippen LogP contribution in [0.4, 0.5) is 22.7 Å². The molecule has 0 heterocycles. The van der Waals surface area contributed by atoms with Crippen LogP contribution < -0.4 is 21.3 Å². The Morgan fingerprint density at radius 1 is 0.500 bits per heavy atom. The van der Waals surface area contributed by atoms with Gasteiger partial charge < -0.3 is 30.7 Å². The largest absolute Gasteiger partial charge is 0.356 e. The molecule has 0 saturated carbocycles. The van der Waals surface area contributed by atoms with Gasteiger partial charge in [-0.2, -0.15) is 0 Å². The number of hydrogen-bond donors (Lipinski definition) is 4. The minimum absolute atomic E-state index is 0.390. The minimum Gasteiger partial charge on any atom is -0.356 e. The summed E-state index contributed by atoms with van der Waals surface area (Å²) >= 11 is 0. The van der Waals surface area contributed by atoms with E-state index in [0.717, 1.165) is 34.1 Å². The molecule has 0 aromatic heterocycles. The maximum Gasteiger partial charge on any atom is 0.162 e. The summed E-state index contributed by atoms with van der Waals surface area (Å²) in [4.78, 5) is 0. The summed E-state index contributed by atoms with van der Waals surface area (Å²) in [6.07, 6.45) is 14.1. The van der Waals surface area contributed by atoms with Crippen LogP contribution in [0.1, 0.15) is 35.1 Å². The predicted octanol–water partition coefficient (Wildman–Crippen LogP) is 9.78. The van der Waals surface area contributed by atoms with Gasteiger partial charge in [0.1, 0.15) is 0 Å². The summed E-state index contributed by atoms with van der Waals surface area (Å²) < 4.78 is 13.3. The lowest BCUT2D eigenvalue weighted by molar-refractivity contribution is -0.0570. The van der Waals surface area contributed by atoms with Crippen LogP contribution in [0.15, 0.2) is 145 Å². The SMILES string of the molecule is Cc1cccc(NC2=CCC(Nc3cccc(C)c3)(OCCOC3(Nc4cccc(C)c4)C=CC(Nc4cccc(C)c4)=CC3)C=C2)c1. The molecule has 6 heteroatoms. The number of aryl methyl sites for hydroxylation is 4. The van der Waals surface area contributed by atoms with Crippen LogP contribution in [0.2, 0.25) is 0 Å². The second-order valence-corrected chi connectivity index (χ2v) is 12.8. The van der Waals surface area contributed by atoms with E-state index in [1.807, 2.05) is 0 Å². The van der Waals surface area contributed by atoms with Gasteiger partial charge in [0.05, 0.1) is 13.2 Å². The molecule has 2 unspecified atom stereocenters. The van der Waals surface area contributed by atoms with Crippen LogP contribution in [0.5, 0.6) is 0 Å². The Hall–Kier alpha value is -5.04. The highest BCUT2D eigenvalue weighted by Crippen LogP contribution is 2.31. The van der Waals surface area contributed by atoms with Crippen molar-refractivity contribution in [1.29, 1.82) is 0 Å². The second kappa shape index (κ2) is 14.8. The molecular weight excluding hydrogens is 592 g/mol. The first-order valence-electron chi connectivity index (χ1n) is 16.7. The first kappa shape index (κ1) is 32.9. The molecule has 0 radical (unpaired) electrons. The summed E-state index contributed by atoms with van der Waals surface area (Å²) in [5.41, 5.74) is 9.60. The fourth-order valence-corrected chi connectivity index (χ4v) is 6.06. The lowest BCUT2D eigenvalue weighted by atomic mass is 10.0. The highest BCUT2D eigenvalue weighted by Gasteiger charge is 2.32. The van der Waals surface area contributed by atoms with Crippen LogP contribution in [0.25, 0.3) is 0 Å². The topological polar surface area (TPSA) is 66.6 Å². The number of allylic oxidation sites excluding steroid dienone is 2. The van der Waals surface area contributed by atoms with E-state index in [0.29, 0.717) is 26.1 Å². The second-order valence-electron chi connectivity index (χ2n) is 12.8. The van der Waals surface area contributed by atoms with E-state index < -0.39 is 11.4 Å². The third kappa shape index (κ3) is 8.85. The highest BCUT2D eigenvalue weighted by atomic mass is 16.6. The van der Waals surface area contributed by atoms with Gasteiger partial charge in [0.15, 0.2) is 11.4 Å². The van der Waals surface area contributed by atoms with Crippen molar-refractivity contribution in [3.8, 4) is 0 Å². The standard InChI is InChI=1S/C42H46N4O2/c1-31-9-5-13-37(27-31)43-35-17-21-41(22-18-35,45-39-15-7-11-33(3)29-39)47-25-26-48-42(46-40-16-8-12-34(4)30-40)23-19-36(20-24-42)44-38-14-6-10-32(2)28-38/h5-21,23,27-30,43-46H,22,24-26H2,1-4H3. The normalized spacial score (nSPS) is 20.1. The van der Waals surface area contributed by atoms with E-state index >= 15 is 0 Å². The van der Waals surface area contributed by atoms with E-state index in [4.69, 9.17) is 9.47 Å². The van der Waals surface area contributed by atoms with Gasteiger partial charge in [-0.1, -0.05) is 60.7 Å². The summed E-state index contributed by atoms with van der Waals surface area (Å²) in [6, 6.07) is 33.6. The van der Waals surface area contributed by atoms with Gasteiger partial charge in [-0.15, -0.1) is 0 Å². The van der Waals surface area contributed by atoms with Crippen LogP contribution in [-0.2, 0) is 9.47 Å².